The quantitative estimate of drug-likeness (QED) is 0.494. The van der Waals surface area contributed by atoms with Crippen LogP contribution in [0.25, 0.3) is 0 Å². The first kappa shape index (κ1) is 16.6. The van der Waals surface area contributed by atoms with E-state index < -0.39 is 5.41 Å². The summed E-state index contributed by atoms with van der Waals surface area (Å²) in [4.78, 5) is 4.55. The average Bonchev–Trinajstić information content (AvgIpc) is 3.52. The van der Waals surface area contributed by atoms with E-state index >= 15 is 0 Å². The standard InChI is InChI=1S/C24H23NO/c1-24(19-10-4-2-5-11-19,20-12-6-3-7-13-20)22-14-8-9-18(23(22)26)17-25-21-15-16-21/h2-14,17,21,26H,15-16H2,1H3. The van der Waals surface area contributed by atoms with Crippen LogP contribution in [0.5, 0.6) is 5.75 Å². The molecule has 0 atom stereocenters. The average molecular weight is 341 g/mol. The molecule has 130 valence electrons. The highest BCUT2D eigenvalue weighted by Crippen LogP contribution is 2.43. The van der Waals surface area contributed by atoms with Crippen molar-refractivity contribution in [2.75, 3.05) is 0 Å². The maximum atomic E-state index is 11.1. The first-order chi connectivity index (χ1) is 12.7. The maximum absolute atomic E-state index is 11.1. The van der Waals surface area contributed by atoms with Crippen LogP contribution in [0.15, 0.2) is 83.9 Å². The molecule has 0 heterocycles. The molecule has 0 amide bonds. The van der Waals surface area contributed by atoms with Gasteiger partial charge in [-0.15, -0.1) is 0 Å². The minimum atomic E-state index is -0.448. The predicted octanol–water partition coefficient (Wildman–Crippen LogP) is 5.33. The highest BCUT2D eigenvalue weighted by molar-refractivity contribution is 5.85. The van der Waals surface area contributed by atoms with Crippen LogP contribution in [0.1, 0.15) is 42.0 Å². The molecule has 3 aromatic carbocycles. The van der Waals surface area contributed by atoms with Crippen molar-refractivity contribution in [3.05, 3.63) is 101 Å². The van der Waals surface area contributed by atoms with Crippen molar-refractivity contribution in [1.29, 1.82) is 0 Å². The highest BCUT2D eigenvalue weighted by atomic mass is 16.3. The molecule has 1 fully saturated rings. The topological polar surface area (TPSA) is 32.6 Å². The number of hydrogen-bond donors (Lipinski definition) is 1. The number of aliphatic imine (C=N–C) groups is 1. The summed E-state index contributed by atoms with van der Waals surface area (Å²) in [6.07, 6.45) is 4.14. The summed E-state index contributed by atoms with van der Waals surface area (Å²) in [6, 6.07) is 27.1. The van der Waals surface area contributed by atoms with Gasteiger partial charge in [0.15, 0.2) is 0 Å². The van der Waals surface area contributed by atoms with Gasteiger partial charge in [-0.1, -0.05) is 72.8 Å². The Hall–Kier alpha value is -2.87. The number of hydrogen-bond acceptors (Lipinski definition) is 2. The Kier molecular flexibility index (Phi) is 4.34. The molecule has 1 N–H and O–H groups in total. The molecule has 0 aromatic heterocycles. The maximum Gasteiger partial charge on any atom is 0.128 e. The molecule has 2 heteroatoms. The summed E-state index contributed by atoms with van der Waals surface area (Å²) in [6.45, 7) is 2.18. The minimum Gasteiger partial charge on any atom is -0.507 e. The van der Waals surface area contributed by atoms with Gasteiger partial charge in [-0.05, 0) is 37.0 Å². The van der Waals surface area contributed by atoms with E-state index in [2.05, 4.69) is 36.2 Å². The van der Waals surface area contributed by atoms with Crippen molar-refractivity contribution in [3.63, 3.8) is 0 Å². The molecule has 1 aliphatic rings. The Balaban J connectivity index is 1.89. The zero-order chi connectivity index (χ0) is 18.0. The number of phenols is 1. The fourth-order valence-corrected chi connectivity index (χ4v) is 3.50. The van der Waals surface area contributed by atoms with Crippen molar-refractivity contribution in [3.8, 4) is 5.75 Å². The first-order valence-corrected chi connectivity index (χ1v) is 9.16. The summed E-state index contributed by atoms with van der Waals surface area (Å²) < 4.78 is 0. The van der Waals surface area contributed by atoms with E-state index in [1.54, 1.807) is 0 Å². The van der Waals surface area contributed by atoms with Gasteiger partial charge in [-0.3, -0.25) is 4.99 Å². The first-order valence-electron chi connectivity index (χ1n) is 9.16. The van der Waals surface area contributed by atoms with Gasteiger partial charge in [0.1, 0.15) is 5.75 Å². The van der Waals surface area contributed by atoms with Crippen molar-refractivity contribution in [2.24, 2.45) is 4.99 Å². The minimum absolute atomic E-state index is 0.312. The summed E-state index contributed by atoms with van der Waals surface area (Å²) in [5.74, 6) is 0.312. The van der Waals surface area contributed by atoms with E-state index in [0.717, 1.165) is 35.1 Å². The van der Waals surface area contributed by atoms with Crippen molar-refractivity contribution >= 4 is 6.21 Å². The third-order valence-electron chi connectivity index (χ3n) is 5.28. The van der Waals surface area contributed by atoms with Gasteiger partial charge in [-0.2, -0.15) is 0 Å². The highest BCUT2D eigenvalue weighted by Gasteiger charge is 2.34. The molecule has 0 radical (unpaired) electrons. The van der Waals surface area contributed by atoms with Gasteiger partial charge in [-0.25, -0.2) is 0 Å². The number of benzene rings is 3. The molecule has 1 aliphatic carbocycles. The molecule has 0 aliphatic heterocycles. The summed E-state index contributed by atoms with van der Waals surface area (Å²) in [5.41, 5.74) is 3.54. The van der Waals surface area contributed by atoms with E-state index in [1.165, 1.54) is 0 Å². The SMILES string of the molecule is CC(c1ccccc1)(c1ccccc1)c1cccc(C=NC2CC2)c1O. The number of nitrogens with zero attached hydrogens (tertiary/aromatic N) is 1. The van der Waals surface area contributed by atoms with Gasteiger partial charge in [0.05, 0.1) is 6.04 Å². The van der Waals surface area contributed by atoms with Crippen molar-refractivity contribution in [1.82, 2.24) is 0 Å². The van der Waals surface area contributed by atoms with Crippen LogP contribution < -0.4 is 0 Å². The van der Waals surface area contributed by atoms with Gasteiger partial charge in [0.2, 0.25) is 0 Å². The van der Waals surface area contributed by atoms with Crippen LogP contribution in [-0.2, 0) is 5.41 Å². The lowest BCUT2D eigenvalue weighted by molar-refractivity contribution is 0.456. The van der Waals surface area contributed by atoms with Gasteiger partial charge in [0.25, 0.3) is 0 Å². The van der Waals surface area contributed by atoms with Crippen LogP contribution >= 0.6 is 0 Å². The zero-order valence-corrected chi connectivity index (χ0v) is 15.0. The Morgan fingerprint density at radius 1 is 0.846 bits per heavy atom. The zero-order valence-electron chi connectivity index (χ0n) is 15.0. The second kappa shape index (κ2) is 6.80. The van der Waals surface area contributed by atoms with Gasteiger partial charge < -0.3 is 5.11 Å². The Morgan fingerprint density at radius 3 is 1.96 bits per heavy atom. The second-order valence-electron chi connectivity index (χ2n) is 7.11. The third kappa shape index (κ3) is 3.03. The fourth-order valence-electron chi connectivity index (χ4n) is 3.50. The van der Waals surface area contributed by atoms with E-state index in [0.29, 0.717) is 11.8 Å². The second-order valence-corrected chi connectivity index (χ2v) is 7.11. The summed E-state index contributed by atoms with van der Waals surface area (Å²) >= 11 is 0. The fraction of sp³-hybridized carbons (Fsp3) is 0.208. The molecule has 0 saturated heterocycles. The van der Waals surface area contributed by atoms with E-state index in [4.69, 9.17) is 0 Å². The molecule has 26 heavy (non-hydrogen) atoms. The monoisotopic (exact) mass is 341 g/mol. The van der Waals surface area contributed by atoms with E-state index in [9.17, 15) is 5.11 Å². The molecule has 2 nitrogen and oxygen atoms in total. The third-order valence-corrected chi connectivity index (χ3v) is 5.28. The largest absolute Gasteiger partial charge is 0.507 e. The molecule has 3 aromatic rings. The van der Waals surface area contributed by atoms with E-state index in [-0.39, 0.29) is 0 Å². The molecule has 0 bridgehead atoms. The van der Waals surface area contributed by atoms with Gasteiger partial charge >= 0.3 is 0 Å². The molecule has 0 unspecified atom stereocenters. The lowest BCUT2D eigenvalue weighted by Gasteiger charge is -2.32. The normalized spacial score (nSPS) is 14.7. The number of rotatable bonds is 5. The molecule has 0 spiro atoms. The van der Waals surface area contributed by atoms with E-state index in [1.807, 2.05) is 60.8 Å². The lowest BCUT2D eigenvalue weighted by atomic mass is 9.70. The smallest absolute Gasteiger partial charge is 0.128 e. The van der Waals surface area contributed by atoms with Crippen molar-refractivity contribution in [2.45, 2.75) is 31.2 Å². The van der Waals surface area contributed by atoms with Crippen LogP contribution in [0, 0.1) is 0 Å². The molecule has 1 saturated carbocycles. The Morgan fingerprint density at radius 2 is 1.42 bits per heavy atom. The molecule has 4 rings (SSSR count). The van der Waals surface area contributed by atoms with Crippen LogP contribution in [0.2, 0.25) is 0 Å². The Bertz CT molecular complexity index is 872. The summed E-state index contributed by atoms with van der Waals surface area (Å²) in [5, 5.41) is 11.1. The number of para-hydroxylation sites is 1. The van der Waals surface area contributed by atoms with Crippen LogP contribution in [-0.4, -0.2) is 17.4 Å². The Labute approximate surface area is 154 Å². The molecular formula is C24H23NO. The van der Waals surface area contributed by atoms with Gasteiger partial charge in [0, 0.05) is 22.8 Å². The number of phenolic OH excluding ortho intramolecular Hbond substituents is 1. The summed E-state index contributed by atoms with van der Waals surface area (Å²) in [7, 11) is 0. The number of aromatic hydroxyl groups is 1. The molecular weight excluding hydrogens is 318 g/mol. The lowest BCUT2D eigenvalue weighted by Crippen LogP contribution is -2.25. The predicted molar refractivity (Wildman–Crippen MR) is 107 cm³/mol. The van der Waals surface area contributed by atoms with Crippen LogP contribution in [0.3, 0.4) is 0 Å². The van der Waals surface area contributed by atoms with Crippen LogP contribution in [0.4, 0.5) is 0 Å². The van der Waals surface area contributed by atoms with Crippen molar-refractivity contribution < 1.29 is 5.11 Å².